The molecule has 0 unspecified atom stereocenters. The van der Waals surface area contributed by atoms with Gasteiger partial charge in [0.05, 0.1) is 6.10 Å². The van der Waals surface area contributed by atoms with Crippen molar-refractivity contribution >= 4 is 5.91 Å². The molecule has 0 aromatic heterocycles. The van der Waals surface area contributed by atoms with E-state index >= 15 is 0 Å². The van der Waals surface area contributed by atoms with Gasteiger partial charge in [-0.25, -0.2) is 0 Å². The van der Waals surface area contributed by atoms with E-state index in [1.807, 2.05) is 11.9 Å². The average Bonchev–Trinajstić information content (AvgIpc) is 2.15. The number of hydrogen-bond acceptors (Lipinski definition) is 3. The fraction of sp³-hybridized carbons (Fsp3) is 0.889. The number of carbonyl (C=O) groups excluding carboxylic acids is 1. The van der Waals surface area contributed by atoms with Crippen molar-refractivity contribution in [3.63, 3.8) is 0 Å². The number of rotatable bonds is 3. The highest BCUT2D eigenvalue weighted by Gasteiger charge is 2.20. The molecule has 0 radical (unpaired) electrons. The molecular weight excluding hydrogens is 168 g/mol. The Bertz CT molecular complexity index is 165. The zero-order valence-corrected chi connectivity index (χ0v) is 8.12. The summed E-state index contributed by atoms with van der Waals surface area (Å²) in [6.07, 6.45) is 1.82. The van der Waals surface area contributed by atoms with Crippen LogP contribution in [-0.2, 0) is 4.79 Å². The average molecular weight is 186 g/mol. The van der Waals surface area contributed by atoms with E-state index in [9.17, 15) is 9.90 Å². The van der Waals surface area contributed by atoms with Crippen LogP contribution in [0.1, 0.15) is 19.3 Å². The third-order valence-electron chi connectivity index (χ3n) is 2.41. The predicted molar refractivity (Wildman–Crippen MR) is 50.4 cm³/mol. The van der Waals surface area contributed by atoms with Crippen LogP contribution >= 0.6 is 0 Å². The van der Waals surface area contributed by atoms with E-state index in [0.29, 0.717) is 19.5 Å². The second-order valence-corrected chi connectivity index (χ2v) is 3.47. The summed E-state index contributed by atoms with van der Waals surface area (Å²) in [7, 11) is 1.84. The highest BCUT2D eigenvalue weighted by Crippen LogP contribution is 2.10. The Balaban J connectivity index is 2.23. The van der Waals surface area contributed by atoms with Crippen LogP contribution in [0.15, 0.2) is 0 Å². The lowest BCUT2D eigenvalue weighted by molar-refractivity contribution is -0.133. The highest BCUT2D eigenvalue weighted by molar-refractivity contribution is 5.76. The molecule has 0 bridgehead atoms. The lowest BCUT2D eigenvalue weighted by Gasteiger charge is -2.29. The van der Waals surface area contributed by atoms with Gasteiger partial charge in [0, 0.05) is 26.1 Å². The summed E-state index contributed by atoms with van der Waals surface area (Å²) in [6, 6.07) is 0. The molecule has 4 nitrogen and oxygen atoms in total. The van der Waals surface area contributed by atoms with Crippen molar-refractivity contribution in [1.29, 1.82) is 0 Å². The number of hydrogen-bond donors (Lipinski definition) is 2. The van der Waals surface area contributed by atoms with Gasteiger partial charge in [-0.1, -0.05) is 0 Å². The fourth-order valence-corrected chi connectivity index (χ4v) is 1.51. The van der Waals surface area contributed by atoms with E-state index < -0.39 is 0 Å². The van der Waals surface area contributed by atoms with Crippen molar-refractivity contribution < 1.29 is 9.90 Å². The molecular formula is C9H18N2O2. The molecule has 76 valence electrons. The van der Waals surface area contributed by atoms with E-state index in [1.54, 1.807) is 0 Å². The quantitative estimate of drug-likeness (QED) is 0.629. The zero-order valence-electron chi connectivity index (χ0n) is 8.12. The minimum absolute atomic E-state index is 0.196. The SMILES string of the molecule is CNCCC(=O)N1CCC(O)CC1. The number of nitrogens with zero attached hydrogens (tertiary/aromatic N) is 1. The lowest BCUT2D eigenvalue weighted by Crippen LogP contribution is -2.40. The molecule has 0 aromatic carbocycles. The van der Waals surface area contributed by atoms with Crippen molar-refractivity contribution in [3.05, 3.63) is 0 Å². The van der Waals surface area contributed by atoms with Gasteiger partial charge in [-0.2, -0.15) is 0 Å². The topological polar surface area (TPSA) is 52.6 Å². The van der Waals surface area contributed by atoms with Crippen molar-refractivity contribution in [1.82, 2.24) is 10.2 Å². The molecule has 0 spiro atoms. The van der Waals surface area contributed by atoms with Gasteiger partial charge >= 0.3 is 0 Å². The summed E-state index contributed by atoms with van der Waals surface area (Å²) in [5.74, 6) is 0.196. The van der Waals surface area contributed by atoms with Gasteiger partial charge in [-0.05, 0) is 19.9 Å². The standard InChI is InChI=1S/C9H18N2O2/c1-10-5-2-9(13)11-6-3-8(12)4-7-11/h8,10,12H,2-7H2,1H3. The number of likely N-dealkylation sites (tertiary alicyclic amines) is 1. The molecule has 0 aliphatic carbocycles. The first kappa shape index (κ1) is 10.5. The largest absolute Gasteiger partial charge is 0.393 e. The maximum atomic E-state index is 11.5. The molecule has 1 rings (SSSR count). The van der Waals surface area contributed by atoms with Crippen LogP contribution in [0.3, 0.4) is 0 Å². The normalized spacial score (nSPS) is 19.1. The van der Waals surface area contributed by atoms with Crippen molar-refractivity contribution in [2.45, 2.75) is 25.4 Å². The van der Waals surface area contributed by atoms with Crippen LogP contribution in [0.5, 0.6) is 0 Å². The molecule has 0 aromatic rings. The first-order chi connectivity index (χ1) is 6.24. The summed E-state index contributed by atoms with van der Waals surface area (Å²) in [5.41, 5.74) is 0. The minimum atomic E-state index is -0.201. The van der Waals surface area contributed by atoms with Crippen LogP contribution in [0.2, 0.25) is 0 Å². The van der Waals surface area contributed by atoms with E-state index in [1.165, 1.54) is 0 Å². The van der Waals surface area contributed by atoms with Crippen LogP contribution in [-0.4, -0.2) is 48.7 Å². The van der Waals surface area contributed by atoms with E-state index in [2.05, 4.69) is 5.32 Å². The maximum Gasteiger partial charge on any atom is 0.223 e. The summed E-state index contributed by atoms with van der Waals surface area (Å²) in [6.45, 7) is 2.16. The predicted octanol–water partition coefficient (Wildman–Crippen LogP) is -0.421. The van der Waals surface area contributed by atoms with Crippen molar-refractivity contribution in [2.24, 2.45) is 0 Å². The summed E-state index contributed by atoms with van der Waals surface area (Å²) < 4.78 is 0. The molecule has 0 saturated carbocycles. The first-order valence-electron chi connectivity index (χ1n) is 4.84. The molecule has 1 aliphatic heterocycles. The third kappa shape index (κ3) is 3.32. The van der Waals surface area contributed by atoms with Gasteiger partial charge in [-0.15, -0.1) is 0 Å². The minimum Gasteiger partial charge on any atom is -0.393 e. The number of carbonyl (C=O) groups is 1. The lowest BCUT2D eigenvalue weighted by atomic mass is 10.1. The molecule has 4 heteroatoms. The molecule has 1 aliphatic rings. The maximum absolute atomic E-state index is 11.5. The van der Waals surface area contributed by atoms with E-state index in [0.717, 1.165) is 19.4 Å². The number of nitrogens with one attached hydrogen (secondary N) is 1. The van der Waals surface area contributed by atoms with Gasteiger partial charge in [-0.3, -0.25) is 4.79 Å². The van der Waals surface area contributed by atoms with Crippen LogP contribution in [0.4, 0.5) is 0 Å². The molecule has 2 N–H and O–H groups in total. The molecule has 1 heterocycles. The number of aliphatic hydroxyl groups is 1. The smallest absolute Gasteiger partial charge is 0.223 e. The summed E-state index contributed by atoms with van der Waals surface area (Å²) >= 11 is 0. The monoisotopic (exact) mass is 186 g/mol. The first-order valence-corrected chi connectivity index (χ1v) is 4.84. The number of piperidine rings is 1. The summed E-state index contributed by atoms with van der Waals surface area (Å²) in [5, 5.41) is 12.2. The van der Waals surface area contributed by atoms with Crippen molar-refractivity contribution in [3.8, 4) is 0 Å². The second kappa shape index (κ2) is 5.19. The Morgan fingerprint density at radius 3 is 2.69 bits per heavy atom. The Labute approximate surface area is 78.9 Å². The zero-order chi connectivity index (χ0) is 9.68. The van der Waals surface area contributed by atoms with E-state index in [-0.39, 0.29) is 12.0 Å². The van der Waals surface area contributed by atoms with Gasteiger partial charge in [0.1, 0.15) is 0 Å². The van der Waals surface area contributed by atoms with Crippen LogP contribution in [0.25, 0.3) is 0 Å². The number of amides is 1. The van der Waals surface area contributed by atoms with Gasteiger partial charge in [0.15, 0.2) is 0 Å². The van der Waals surface area contributed by atoms with Crippen molar-refractivity contribution in [2.75, 3.05) is 26.7 Å². The third-order valence-corrected chi connectivity index (χ3v) is 2.41. The Morgan fingerprint density at radius 2 is 2.15 bits per heavy atom. The van der Waals surface area contributed by atoms with Gasteiger partial charge in [0.2, 0.25) is 5.91 Å². The van der Waals surface area contributed by atoms with Crippen LogP contribution in [0, 0.1) is 0 Å². The molecule has 13 heavy (non-hydrogen) atoms. The summed E-state index contributed by atoms with van der Waals surface area (Å²) in [4.78, 5) is 13.3. The second-order valence-electron chi connectivity index (χ2n) is 3.47. The molecule has 1 saturated heterocycles. The fourth-order valence-electron chi connectivity index (χ4n) is 1.51. The molecule has 1 amide bonds. The molecule has 0 atom stereocenters. The van der Waals surface area contributed by atoms with Crippen LogP contribution < -0.4 is 5.32 Å². The van der Waals surface area contributed by atoms with Gasteiger partial charge < -0.3 is 15.3 Å². The Kier molecular flexibility index (Phi) is 4.18. The highest BCUT2D eigenvalue weighted by atomic mass is 16.3. The van der Waals surface area contributed by atoms with E-state index in [4.69, 9.17) is 0 Å². The van der Waals surface area contributed by atoms with Gasteiger partial charge in [0.25, 0.3) is 0 Å². The molecule has 1 fully saturated rings. The Morgan fingerprint density at radius 1 is 1.54 bits per heavy atom. The number of aliphatic hydroxyl groups excluding tert-OH is 1. The Hall–Kier alpha value is -0.610.